The standard InChI is InChI=1S/C21H24N6OS2/c1-12-3-8-15-16(9-12)30-19-17(15)18-22-11-23-27(18)20-24-25-21(26(19)20)29-10-13-4-6-14(28-2)7-5-13/h4-7,12,18,22-23H,3,8-11H2,1-2H3/t12-,18?/m0/s1. The molecule has 1 saturated heterocycles. The Kier molecular flexibility index (Phi) is 4.52. The van der Waals surface area contributed by atoms with Gasteiger partial charge in [0.2, 0.25) is 5.95 Å². The van der Waals surface area contributed by atoms with Crippen LogP contribution in [0.15, 0.2) is 29.4 Å². The number of methoxy groups -OCH3 is 1. The Morgan fingerprint density at radius 1 is 1.27 bits per heavy atom. The lowest BCUT2D eigenvalue weighted by atomic mass is 9.87. The normalized spacial score (nSPS) is 21.7. The van der Waals surface area contributed by atoms with Gasteiger partial charge in [-0.05, 0) is 48.4 Å². The molecule has 1 unspecified atom stereocenters. The maximum Gasteiger partial charge on any atom is 0.249 e. The van der Waals surface area contributed by atoms with E-state index in [2.05, 4.69) is 49.6 Å². The second kappa shape index (κ2) is 7.26. The van der Waals surface area contributed by atoms with Gasteiger partial charge in [0.25, 0.3) is 0 Å². The summed E-state index contributed by atoms with van der Waals surface area (Å²) >= 11 is 3.67. The second-order valence-electron chi connectivity index (χ2n) is 8.14. The minimum absolute atomic E-state index is 0.143. The van der Waals surface area contributed by atoms with Crippen LogP contribution in [0.25, 0.3) is 5.00 Å². The lowest BCUT2D eigenvalue weighted by molar-refractivity contribution is 0.414. The molecule has 2 aromatic heterocycles. The smallest absolute Gasteiger partial charge is 0.249 e. The quantitative estimate of drug-likeness (QED) is 0.601. The van der Waals surface area contributed by atoms with E-state index in [1.165, 1.54) is 35.4 Å². The monoisotopic (exact) mass is 440 g/mol. The van der Waals surface area contributed by atoms with Crippen LogP contribution in [-0.2, 0) is 18.6 Å². The fourth-order valence-corrected chi connectivity index (χ4v) is 7.08. The van der Waals surface area contributed by atoms with Gasteiger partial charge in [-0.1, -0.05) is 30.8 Å². The molecule has 0 bridgehead atoms. The van der Waals surface area contributed by atoms with Crippen molar-refractivity contribution < 1.29 is 4.74 Å². The largest absolute Gasteiger partial charge is 0.497 e. The Morgan fingerprint density at radius 3 is 2.97 bits per heavy atom. The fourth-order valence-electron chi connectivity index (χ4n) is 4.60. The third-order valence-corrected chi connectivity index (χ3v) is 8.43. The average molecular weight is 441 g/mol. The summed E-state index contributed by atoms with van der Waals surface area (Å²) < 4.78 is 7.53. The van der Waals surface area contributed by atoms with Crippen molar-refractivity contribution in [3.63, 3.8) is 0 Å². The van der Waals surface area contributed by atoms with Crippen LogP contribution in [0.1, 0.15) is 41.1 Å². The van der Waals surface area contributed by atoms with E-state index in [4.69, 9.17) is 4.74 Å². The molecule has 156 valence electrons. The lowest BCUT2D eigenvalue weighted by Gasteiger charge is -2.31. The number of thioether (sulfide) groups is 1. The van der Waals surface area contributed by atoms with E-state index in [-0.39, 0.29) is 6.17 Å². The van der Waals surface area contributed by atoms with Crippen molar-refractivity contribution in [2.75, 3.05) is 18.8 Å². The number of hydrogen-bond acceptors (Lipinski definition) is 8. The lowest BCUT2D eigenvalue weighted by Crippen LogP contribution is -2.39. The van der Waals surface area contributed by atoms with Crippen LogP contribution in [0.4, 0.5) is 5.95 Å². The van der Waals surface area contributed by atoms with Crippen molar-refractivity contribution in [2.45, 2.75) is 43.3 Å². The highest BCUT2D eigenvalue weighted by atomic mass is 32.2. The Labute approximate surface area is 183 Å². The molecule has 0 spiro atoms. The Morgan fingerprint density at radius 2 is 2.13 bits per heavy atom. The highest BCUT2D eigenvalue weighted by molar-refractivity contribution is 7.98. The molecule has 2 N–H and O–H groups in total. The van der Waals surface area contributed by atoms with Gasteiger partial charge in [0.05, 0.1) is 13.8 Å². The summed E-state index contributed by atoms with van der Waals surface area (Å²) in [6.45, 7) is 3.11. The molecule has 1 fully saturated rings. The molecule has 0 radical (unpaired) electrons. The molecule has 9 heteroatoms. The number of thiophene rings is 1. The maximum atomic E-state index is 5.27. The van der Waals surface area contributed by atoms with Crippen molar-refractivity contribution in [1.29, 1.82) is 0 Å². The van der Waals surface area contributed by atoms with Crippen molar-refractivity contribution in [3.8, 4) is 10.8 Å². The topological polar surface area (TPSA) is 67.2 Å². The molecule has 3 aliphatic rings. The number of nitrogens with zero attached hydrogens (tertiary/aromatic N) is 4. The molecule has 3 aromatic rings. The first-order valence-corrected chi connectivity index (χ1v) is 12.1. The molecule has 2 aliphatic heterocycles. The number of anilines is 1. The number of aromatic nitrogens is 3. The zero-order valence-electron chi connectivity index (χ0n) is 17.0. The number of benzene rings is 1. The van der Waals surface area contributed by atoms with Crippen LogP contribution in [0.5, 0.6) is 5.75 Å². The number of hydrazine groups is 1. The summed E-state index contributed by atoms with van der Waals surface area (Å²) in [6, 6.07) is 8.23. The molecular weight excluding hydrogens is 416 g/mol. The number of hydrogen-bond donors (Lipinski definition) is 2. The van der Waals surface area contributed by atoms with Crippen molar-refractivity contribution >= 4 is 29.0 Å². The molecule has 0 saturated carbocycles. The summed E-state index contributed by atoms with van der Waals surface area (Å²) in [5.74, 6) is 3.36. The summed E-state index contributed by atoms with van der Waals surface area (Å²) in [5.41, 5.74) is 7.65. The summed E-state index contributed by atoms with van der Waals surface area (Å²) in [7, 11) is 1.69. The number of rotatable bonds is 4. The van der Waals surface area contributed by atoms with Gasteiger partial charge in [-0.2, -0.15) is 0 Å². The van der Waals surface area contributed by atoms with Gasteiger partial charge in [-0.15, -0.1) is 21.5 Å². The molecule has 2 atom stereocenters. The number of nitrogens with one attached hydrogen (secondary N) is 2. The van der Waals surface area contributed by atoms with Gasteiger partial charge in [-0.25, -0.2) is 9.99 Å². The van der Waals surface area contributed by atoms with E-state index in [1.807, 2.05) is 23.5 Å². The van der Waals surface area contributed by atoms with E-state index < -0.39 is 0 Å². The predicted octanol–water partition coefficient (Wildman–Crippen LogP) is 3.64. The molecule has 4 heterocycles. The first-order valence-electron chi connectivity index (χ1n) is 10.3. The third kappa shape index (κ3) is 2.87. The van der Waals surface area contributed by atoms with Gasteiger partial charge in [-0.3, -0.25) is 10.3 Å². The Bertz CT molecular complexity index is 1090. The molecule has 7 nitrogen and oxygen atoms in total. The predicted molar refractivity (Wildman–Crippen MR) is 119 cm³/mol. The highest BCUT2D eigenvalue weighted by Crippen LogP contribution is 2.48. The van der Waals surface area contributed by atoms with Gasteiger partial charge in [0.15, 0.2) is 5.16 Å². The summed E-state index contributed by atoms with van der Waals surface area (Å²) in [5, 5.41) is 17.1. The molecular formula is C21H24N6OS2. The van der Waals surface area contributed by atoms with Gasteiger partial charge in [0, 0.05) is 16.2 Å². The van der Waals surface area contributed by atoms with Gasteiger partial charge in [0.1, 0.15) is 16.9 Å². The first kappa shape index (κ1) is 18.7. The maximum absolute atomic E-state index is 5.27. The Balaban J connectivity index is 1.38. The van der Waals surface area contributed by atoms with Crippen LogP contribution in [-0.4, -0.2) is 28.5 Å². The molecule has 0 amide bonds. The first-order chi connectivity index (χ1) is 14.7. The minimum atomic E-state index is 0.143. The van der Waals surface area contributed by atoms with Crippen molar-refractivity contribution in [2.24, 2.45) is 5.92 Å². The van der Waals surface area contributed by atoms with Gasteiger partial charge >= 0.3 is 0 Å². The van der Waals surface area contributed by atoms with Crippen LogP contribution in [0.2, 0.25) is 0 Å². The molecule has 6 rings (SSSR count). The SMILES string of the molecule is COc1ccc(CSc2nnc3n2-c2sc4c(c2C2NCNN32)CC[C@H](C)C4)cc1. The van der Waals surface area contributed by atoms with E-state index in [0.717, 1.165) is 35.2 Å². The van der Waals surface area contributed by atoms with Crippen LogP contribution < -0.4 is 20.5 Å². The Hall–Kier alpha value is -2.07. The summed E-state index contributed by atoms with van der Waals surface area (Å²) in [4.78, 5) is 1.54. The molecule has 1 aromatic carbocycles. The van der Waals surface area contributed by atoms with E-state index in [1.54, 1.807) is 29.3 Å². The third-order valence-electron chi connectivity index (χ3n) is 6.17. The number of fused-ring (bicyclic) bond motifs is 8. The fraction of sp³-hybridized carbons (Fsp3) is 0.429. The zero-order chi connectivity index (χ0) is 20.2. The van der Waals surface area contributed by atoms with Crippen molar-refractivity contribution in [3.05, 3.63) is 45.8 Å². The number of ether oxygens (including phenoxy) is 1. The van der Waals surface area contributed by atoms with Crippen LogP contribution in [0.3, 0.4) is 0 Å². The van der Waals surface area contributed by atoms with E-state index >= 15 is 0 Å². The van der Waals surface area contributed by atoms with E-state index in [9.17, 15) is 0 Å². The van der Waals surface area contributed by atoms with Crippen molar-refractivity contribution in [1.82, 2.24) is 25.5 Å². The minimum Gasteiger partial charge on any atom is -0.497 e. The molecule has 1 aliphatic carbocycles. The average Bonchev–Trinajstić information content (AvgIpc) is 3.47. The van der Waals surface area contributed by atoms with Crippen LogP contribution in [0, 0.1) is 5.92 Å². The second-order valence-corrected chi connectivity index (χ2v) is 10.2. The molecule has 30 heavy (non-hydrogen) atoms. The highest BCUT2D eigenvalue weighted by Gasteiger charge is 2.42. The summed E-state index contributed by atoms with van der Waals surface area (Å²) in [6.07, 6.45) is 3.76. The van der Waals surface area contributed by atoms with Gasteiger partial charge < -0.3 is 4.74 Å². The van der Waals surface area contributed by atoms with Crippen LogP contribution >= 0.6 is 23.1 Å². The zero-order valence-corrected chi connectivity index (χ0v) is 18.6. The van der Waals surface area contributed by atoms with E-state index in [0.29, 0.717) is 0 Å².